The number of nitrogens with zero attached hydrogens (tertiary/aromatic N) is 1. The molecule has 35 heavy (non-hydrogen) atoms. The number of methoxy groups -OCH3 is 1. The van der Waals surface area contributed by atoms with Crippen LogP contribution >= 0.6 is 34.8 Å². The Kier molecular flexibility index (Phi) is 8.98. The Hall–Kier alpha value is -3.70. The third-order valence-electron chi connectivity index (χ3n) is 4.54. The molecule has 2 amide bonds. The summed E-state index contributed by atoms with van der Waals surface area (Å²) in [7, 11) is 1.54. The van der Waals surface area contributed by atoms with E-state index in [0.29, 0.717) is 32.7 Å². The molecule has 0 aliphatic carbocycles. The number of carbonyl (C=O) groups excluding carboxylic acids is 2. The van der Waals surface area contributed by atoms with E-state index in [0.717, 1.165) is 0 Å². The lowest BCUT2D eigenvalue weighted by atomic mass is 10.1. The monoisotopic (exact) mass is 529 g/mol. The van der Waals surface area contributed by atoms with Crippen molar-refractivity contribution in [2.24, 2.45) is 0 Å². The predicted octanol–water partition coefficient (Wildman–Crippen LogP) is 6.22. The van der Waals surface area contributed by atoms with Crippen LogP contribution in [0.5, 0.6) is 11.5 Å². The van der Waals surface area contributed by atoms with Crippen LogP contribution in [0.2, 0.25) is 15.1 Å². The van der Waals surface area contributed by atoms with E-state index in [1.807, 2.05) is 6.07 Å². The zero-order valence-electron chi connectivity index (χ0n) is 18.3. The van der Waals surface area contributed by atoms with Crippen LogP contribution in [0, 0.1) is 11.3 Å². The molecule has 0 aliphatic rings. The van der Waals surface area contributed by atoms with Crippen LogP contribution in [0.3, 0.4) is 0 Å². The summed E-state index contributed by atoms with van der Waals surface area (Å²) < 4.78 is 10.6. The van der Waals surface area contributed by atoms with Gasteiger partial charge in [0.05, 0.1) is 22.2 Å². The van der Waals surface area contributed by atoms with Crippen LogP contribution in [0.4, 0.5) is 11.4 Å². The standard InChI is InChI=1S/C25H18Cl3N3O4/c1-34-19-6-3-17(4-7-19)31-25(33)16(13-29)10-15-2-9-23(22(28)11-15)35-14-24(32)30-18-5-8-20(26)21(27)12-18/h2-12H,14H2,1H3,(H,30,32)(H,31,33)/b16-10-. The van der Waals surface area contributed by atoms with Crippen LogP contribution in [0.25, 0.3) is 6.08 Å². The van der Waals surface area contributed by atoms with Crippen molar-refractivity contribution in [3.63, 3.8) is 0 Å². The summed E-state index contributed by atoms with van der Waals surface area (Å²) in [6, 6.07) is 17.9. The molecule has 178 valence electrons. The van der Waals surface area contributed by atoms with E-state index in [2.05, 4.69) is 10.6 Å². The van der Waals surface area contributed by atoms with Crippen molar-refractivity contribution in [1.29, 1.82) is 5.26 Å². The lowest BCUT2D eigenvalue weighted by Gasteiger charge is -2.10. The fraction of sp³-hybridized carbons (Fsp3) is 0.0800. The van der Waals surface area contributed by atoms with Crippen molar-refractivity contribution < 1.29 is 19.1 Å². The summed E-state index contributed by atoms with van der Waals surface area (Å²) in [6.45, 7) is -0.303. The van der Waals surface area contributed by atoms with Crippen LogP contribution in [0.1, 0.15) is 5.56 Å². The summed E-state index contributed by atoms with van der Waals surface area (Å²) in [5.41, 5.74) is 1.37. The van der Waals surface area contributed by atoms with Crippen LogP contribution in [-0.4, -0.2) is 25.5 Å². The molecule has 0 bridgehead atoms. The number of halogens is 3. The second-order valence-electron chi connectivity index (χ2n) is 7.01. The summed E-state index contributed by atoms with van der Waals surface area (Å²) in [5, 5.41) is 15.6. The molecule has 0 aromatic heterocycles. The predicted molar refractivity (Wildman–Crippen MR) is 137 cm³/mol. The van der Waals surface area contributed by atoms with Crippen molar-refractivity contribution in [2.75, 3.05) is 24.4 Å². The number of nitrogens with one attached hydrogen (secondary N) is 2. The fourth-order valence-electron chi connectivity index (χ4n) is 2.83. The van der Waals surface area contributed by atoms with Crippen LogP contribution < -0.4 is 20.1 Å². The maximum absolute atomic E-state index is 12.5. The molecule has 0 atom stereocenters. The van der Waals surface area contributed by atoms with Gasteiger partial charge in [-0.3, -0.25) is 9.59 Å². The Balaban J connectivity index is 1.62. The lowest BCUT2D eigenvalue weighted by Crippen LogP contribution is -2.20. The van der Waals surface area contributed by atoms with Crippen molar-refractivity contribution in [3.8, 4) is 17.6 Å². The SMILES string of the molecule is COc1ccc(NC(=O)/C(C#N)=C\c2ccc(OCC(=O)Nc3ccc(Cl)c(Cl)c3)c(Cl)c2)cc1. The molecule has 0 aliphatic heterocycles. The normalized spacial score (nSPS) is 10.8. The number of hydrogen-bond acceptors (Lipinski definition) is 5. The summed E-state index contributed by atoms with van der Waals surface area (Å²) in [6.07, 6.45) is 1.39. The van der Waals surface area contributed by atoms with Crippen molar-refractivity contribution in [3.05, 3.63) is 86.9 Å². The van der Waals surface area contributed by atoms with Crippen LogP contribution in [0.15, 0.2) is 66.2 Å². The number of nitriles is 1. The van der Waals surface area contributed by atoms with E-state index in [-0.39, 0.29) is 23.0 Å². The molecule has 0 radical (unpaired) electrons. The quantitative estimate of drug-likeness (QED) is 0.266. The average molecular weight is 531 g/mol. The van der Waals surface area contributed by atoms with E-state index in [4.69, 9.17) is 44.3 Å². The number of amides is 2. The number of ether oxygens (including phenoxy) is 2. The van der Waals surface area contributed by atoms with E-state index >= 15 is 0 Å². The molecule has 0 heterocycles. The Morgan fingerprint density at radius 2 is 1.63 bits per heavy atom. The highest BCUT2D eigenvalue weighted by atomic mass is 35.5. The first-order valence-electron chi connectivity index (χ1n) is 10.0. The van der Waals surface area contributed by atoms with Gasteiger partial charge in [-0.1, -0.05) is 40.9 Å². The smallest absolute Gasteiger partial charge is 0.266 e. The fourth-order valence-corrected chi connectivity index (χ4v) is 3.37. The molecule has 0 fully saturated rings. The third kappa shape index (κ3) is 7.39. The second kappa shape index (κ2) is 12.1. The molecular weight excluding hydrogens is 513 g/mol. The van der Waals surface area contributed by atoms with Crippen molar-refractivity contribution >= 4 is 64.1 Å². The van der Waals surface area contributed by atoms with Gasteiger partial charge in [-0.2, -0.15) is 5.26 Å². The highest BCUT2D eigenvalue weighted by molar-refractivity contribution is 6.42. The molecule has 7 nitrogen and oxygen atoms in total. The molecule has 0 spiro atoms. The van der Waals surface area contributed by atoms with Gasteiger partial charge in [-0.25, -0.2) is 0 Å². The maximum Gasteiger partial charge on any atom is 0.266 e. The van der Waals surface area contributed by atoms with E-state index in [1.165, 1.54) is 31.4 Å². The minimum Gasteiger partial charge on any atom is -0.497 e. The largest absolute Gasteiger partial charge is 0.497 e. The summed E-state index contributed by atoms with van der Waals surface area (Å²) in [4.78, 5) is 24.6. The molecule has 10 heteroatoms. The first-order valence-corrected chi connectivity index (χ1v) is 11.2. The van der Waals surface area contributed by atoms with E-state index in [1.54, 1.807) is 42.5 Å². The summed E-state index contributed by atoms with van der Waals surface area (Å²) in [5.74, 6) is -0.101. The van der Waals surface area contributed by atoms with Gasteiger partial charge in [-0.15, -0.1) is 0 Å². The van der Waals surface area contributed by atoms with Gasteiger partial charge in [-0.05, 0) is 66.2 Å². The number of benzene rings is 3. The highest BCUT2D eigenvalue weighted by Gasteiger charge is 2.12. The van der Waals surface area contributed by atoms with Gasteiger partial charge in [0, 0.05) is 11.4 Å². The minimum atomic E-state index is -0.576. The number of carbonyl (C=O) groups is 2. The molecule has 2 N–H and O–H groups in total. The topological polar surface area (TPSA) is 100 Å². The molecule has 0 unspecified atom stereocenters. The molecular formula is C25H18Cl3N3O4. The minimum absolute atomic E-state index is 0.119. The zero-order valence-corrected chi connectivity index (χ0v) is 20.5. The van der Waals surface area contributed by atoms with Gasteiger partial charge < -0.3 is 20.1 Å². The molecule has 0 saturated carbocycles. The molecule has 3 rings (SSSR count). The van der Waals surface area contributed by atoms with Crippen molar-refractivity contribution in [1.82, 2.24) is 0 Å². The molecule has 3 aromatic carbocycles. The Morgan fingerprint density at radius 3 is 2.26 bits per heavy atom. The Bertz CT molecular complexity index is 1320. The van der Waals surface area contributed by atoms with Gasteiger partial charge >= 0.3 is 0 Å². The zero-order chi connectivity index (χ0) is 25.4. The van der Waals surface area contributed by atoms with Gasteiger partial charge in [0.15, 0.2) is 6.61 Å². The van der Waals surface area contributed by atoms with E-state index in [9.17, 15) is 14.9 Å². The Labute approximate surface area is 216 Å². The van der Waals surface area contributed by atoms with Gasteiger partial charge in [0.1, 0.15) is 23.1 Å². The average Bonchev–Trinajstić information content (AvgIpc) is 2.84. The number of hydrogen-bond donors (Lipinski definition) is 2. The molecule has 3 aromatic rings. The van der Waals surface area contributed by atoms with Crippen molar-refractivity contribution in [2.45, 2.75) is 0 Å². The third-order valence-corrected chi connectivity index (χ3v) is 5.58. The van der Waals surface area contributed by atoms with Crippen LogP contribution in [-0.2, 0) is 9.59 Å². The maximum atomic E-state index is 12.5. The lowest BCUT2D eigenvalue weighted by molar-refractivity contribution is -0.118. The second-order valence-corrected chi connectivity index (χ2v) is 8.23. The summed E-state index contributed by atoms with van der Waals surface area (Å²) >= 11 is 18.1. The highest BCUT2D eigenvalue weighted by Crippen LogP contribution is 2.27. The Morgan fingerprint density at radius 1 is 0.914 bits per heavy atom. The number of rotatable bonds is 8. The van der Waals surface area contributed by atoms with Gasteiger partial charge in [0.2, 0.25) is 0 Å². The van der Waals surface area contributed by atoms with E-state index < -0.39 is 11.8 Å². The first kappa shape index (κ1) is 25.9. The van der Waals surface area contributed by atoms with Gasteiger partial charge in [0.25, 0.3) is 11.8 Å². The first-order chi connectivity index (χ1) is 16.8. The number of anilines is 2. The molecule has 0 saturated heterocycles.